The number of methoxy groups -OCH3 is 1. The van der Waals surface area contributed by atoms with Gasteiger partial charge in [0.2, 0.25) is 0 Å². The van der Waals surface area contributed by atoms with Gasteiger partial charge in [-0.3, -0.25) is 9.67 Å². The van der Waals surface area contributed by atoms with E-state index in [4.69, 9.17) is 4.74 Å². The molecule has 0 fully saturated rings. The van der Waals surface area contributed by atoms with Crippen LogP contribution in [-0.2, 0) is 11.3 Å². The molecular weight excluding hydrogens is 364 g/mol. The second-order valence-corrected chi connectivity index (χ2v) is 6.17. The molecule has 0 saturated carbocycles. The van der Waals surface area contributed by atoms with Crippen molar-refractivity contribution in [3.63, 3.8) is 0 Å². The van der Waals surface area contributed by atoms with Gasteiger partial charge in [0.05, 0.1) is 29.9 Å². The lowest BCUT2D eigenvalue weighted by atomic mass is 10.1. The van der Waals surface area contributed by atoms with Gasteiger partial charge < -0.3 is 10.1 Å². The summed E-state index contributed by atoms with van der Waals surface area (Å²) in [5.41, 5.74) is 3.45. The molecule has 0 aliphatic carbocycles. The van der Waals surface area contributed by atoms with Crippen LogP contribution in [-0.4, -0.2) is 29.6 Å². The van der Waals surface area contributed by atoms with Gasteiger partial charge in [-0.05, 0) is 62.6 Å². The summed E-state index contributed by atoms with van der Waals surface area (Å²) in [5.74, 6) is -0.377. The first kappa shape index (κ1) is 21.6. The number of aryl methyl sites for hydroxylation is 1. The van der Waals surface area contributed by atoms with Crippen molar-refractivity contribution in [2.75, 3.05) is 12.4 Å². The van der Waals surface area contributed by atoms with Crippen LogP contribution in [0.25, 0.3) is 12.7 Å². The van der Waals surface area contributed by atoms with Crippen molar-refractivity contribution in [2.45, 2.75) is 20.4 Å². The smallest absolute Gasteiger partial charge is 0.337 e. The van der Waals surface area contributed by atoms with Crippen molar-refractivity contribution in [3.05, 3.63) is 82.3 Å². The molecule has 0 spiro atoms. The van der Waals surface area contributed by atoms with Crippen molar-refractivity contribution >= 4 is 31.0 Å². The van der Waals surface area contributed by atoms with E-state index in [-0.39, 0.29) is 5.97 Å². The molecule has 1 aromatic heterocycles. The molecule has 1 N–H and O–H groups in total. The molecule has 0 atom stereocenters. The van der Waals surface area contributed by atoms with Crippen LogP contribution in [0, 0.1) is 0 Å². The third-order valence-electron chi connectivity index (χ3n) is 4.25. The van der Waals surface area contributed by atoms with Gasteiger partial charge in [0.15, 0.2) is 0 Å². The Morgan fingerprint density at radius 3 is 2.59 bits per heavy atom. The van der Waals surface area contributed by atoms with E-state index in [1.807, 2.05) is 36.8 Å². The SMILES string of the molecule is C=NC(=C\C(=C)Nc1ccc(C(=O)OC)cc1)/C(=C/C)/C=c1\c(=C)cnn1CC. The average molecular weight is 390 g/mol. The fourth-order valence-electron chi connectivity index (χ4n) is 2.72. The highest BCUT2D eigenvalue weighted by atomic mass is 16.5. The van der Waals surface area contributed by atoms with Crippen LogP contribution < -0.4 is 15.9 Å². The first-order valence-corrected chi connectivity index (χ1v) is 9.15. The molecule has 0 aliphatic rings. The number of nitrogens with zero attached hydrogens (tertiary/aromatic N) is 3. The van der Waals surface area contributed by atoms with Crippen molar-refractivity contribution < 1.29 is 9.53 Å². The molecule has 2 aromatic rings. The zero-order valence-corrected chi connectivity index (χ0v) is 17.1. The normalized spacial score (nSPS) is 12.6. The molecule has 6 heteroatoms. The largest absolute Gasteiger partial charge is 0.465 e. The number of carbonyl (C=O) groups is 1. The third-order valence-corrected chi connectivity index (χ3v) is 4.25. The lowest BCUT2D eigenvalue weighted by molar-refractivity contribution is 0.0601. The number of rotatable bonds is 8. The second-order valence-electron chi connectivity index (χ2n) is 6.17. The molecular formula is C23H26N4O2. The number of benzene rings is 1. The van der Waals surface area contributed by atoms with Crippen molar-refractivity contribution in [1.82, 2.24) is 9.78 Å². The predicted octanol–water partition coefficient (Wildman–Crippen LogP) is 3.04. The van der Waals surface area contributed by atoms with E-state index in [2.05, 4.69) is 35.3 Å². The van der Waals surface area contributed by atoms with Crippen molar-refractivity contribution in [3.8, 4) is 0 Å². The van der Waals surface area contributed by atoms with Crippen LogP contribution in [0.15, 0.2) is 71.2 Å². The summed E-state index contributed by atoms with van der Waals surface area (Å²) in [7, 11) is 1.35. The number of allylic oxidation sites excluding steroid dienone is 3. The highest BCUT2D eigenvalue weighted by molar-refractivity contribution is 5.89. The van der Waals surface area contributed by atoms with E-state index in [0.717, 1.165) is 28.4 Å². The summed E-state index contributed by atoms with van der Waals surface area (Å²) < 4.78 is 6.58. The highest BCUT2D eigenvalue weighted by Gasteiger charge is 2.06. The number of anilines is 1. The Labute approximate surface area is 170 Å². The molecule has 150 valence electrons. The summed E-state index contributed by atoms with van der Waals surface area (Å²) in [5, 5.41) is 9.27. The Morgan fingerprint density at radius 2 is 2.03 bits per heavy atom. The number of hydrogen-bond donors (Lipinski definition) is 1. The number of aromatic nitrogens is 2. The quantitative estimate of drug-likeness (QED) is 0.427. The Balaban J connectivity index is 2.26. The summed E-state index contributed by atoms with van der Waals surface area (Å²) in [6.07, 6.45) is 7.48. The Morgan fingerprint density at radius 1 is 1.34 bits per heavy atom. The summed E-state index contributed by atoms with van der Waals surface area (Å²) in [4.78, 5) is 15.7. The zero-order chi connectivity index (χ0) is 21.4. The molecule has 1 aromatic carbocycles. The Bertz CT molecular complexity index is 1070. The van der Waals surface area contributed by atoms with Crippen LogP contribution in [0.3, 0.4) is 0 Å². The monoisotopic (exact) mass is 390 g/mol. The van der Waals surface area contributed by atoms with Gasteiger partial charge in [0, 0.05) is 23.1 Å². The minimum Gasteiger partial charge on any atom is -0.465 e. The summed E-state index contributed by atoms with van der Waals surface area (Å²) in [6, 6.07) is 6.93. The Kier molecular flexibility index (Phi) is 7.48. The van der Waals surface area contributed by atoms with Crippen molar-refractivity contribution in [2.24, 2.45) is 4.99 Å². The first-order chi connectivity index (χ1) is 13.9. The fourth-order valence-corrected chi connectivity index (χ4v) is 2.72. The molecule has 0 radical (unpaired) electrons. The number of ether oxygens (including phenoxy) is 1. The molecule has 1 heterocycles. The van der Waals surface area contributed by atoms with Gasteiger partial charge in [0.25, 0.3) is 0 Å². The average Bonchev–Trinajstić information content (AvgIpc) is 3.09. The second kappa shape index (κ2) is 10.0. The van der Waals surface area contributed by atoms with Crippen LogP contribution in [0.2, 0.25) is 0 Å². The number of hydrogen-bond acceptors (Lipinski definition) is 5. The van der Waals surface area contributed by atoms with Crippen LogP contribution in [0.1, 0.15) is 24.2 Å². The van der Waals surface area contributed by atoms with Gasteiger partial charge in [-0.15, -0.1) is 0 Å². The van der Waals surface area contributed by atoms with Crippen molar-refractivity contribution in [1.29, 1.82) is 0 Å². The van der Waals surface area contributed by atoms with E-state index in [1.54, 1.807) is 30.5 Å². The molecule has 0 unspecified atom stereocenters. The molecule has 0 amide bonds. The lowest BCUT2D eigenvalue weighted by Gasteiger charge is -2.09. The maximum Gasteiger partial charge on any atom is 0.337 e. The molecule has 0 bridgehead atoms. The lowest BCUT2D eigenvalue weighted by Crippen LogP contribution is -2.28. The van der Waals surface area contributed by atoms with Gasteiger partial charge in [-0.25, -0.2) is 4.79 Å². The third kappa shape index (κ3) is 5.42. The minimum absolute atomic E-state index is 0.377. The van der Waals surface area contributed by atoms with Gasteiger partial charge >= 0.3 is 5.97 Å². The predicted molar refractivity (Wildman–Crippen MR) is 119 cm³/mol. The van der Waals surface area contributed by atoms with Gasteiger partial charge in [0.1, 0.15) is 0 Å². The standard InChI is InChI=1S/C23H26N4O2/c1-7-18(14-22-16(3)15-25-27(22)8-2)21(24-5)13-17(4)26-20-11-9-19(10-12-20)23(28)29-6/h7,9-15,26H,3-5,8H2,1-2,6H3/b18-7+,21-13-,22-14+. The maximum atomic E-state index is 11.5. The topological polar surface area (TPSA) is 68.5 Å². The molecule has 0 saturated heterocycles. The molecule has 2 rings (SSSR count). The zero-order valence-electron chi connectivity index (χ0n) is 17.1. The van der Waals surface area contributed by atoms with E-state index in [9.17, 15) is 4.79 Å². The number of carbonyl (C=O) groups excluding carboxylic acids is 1. The molecule has 0 aliphatic heterocycles. The minimum atomic E-state index is -0.377. The van der Waals surface area contributed by atoms with E-state index in [1.165, 1.54) is 7.11 Å². The van der Waals surface area contributed by atoms with E-state index < -0.39 is 0 Å². The van der Waals surface area contributed by atoms with Crippen LogP contribution in [0.4, 0.5) is 5.69 Å². The number of aliphatic imine (C=N–C) groups is 1. The Hall–Kier alpha value is -3.67. The highest BCUT2D eigenvalue weighted by Crippen LogP contribution is 2.17. The first-order valence-electron chi connectivity index (χ1n) is 9.15. The summed E-state index contributed by atoms with van der Waals surface area (Å²) >= 11 is 0. The number of nitrogens with one attached hydrogen (secondary N) is 1. The molecule has 29 heavy (non-hydrogen) atoms. The molecule has 6 nitrogen and oxygen atoms in total. The summed E-state index contributed by atoms with van der Waals surface area (Å²) in [6.45, 7) is 16.5. The fraction of sp³-hybridized carbons (Fsp3) is 0.174. The van der Waals surface area contributed by atoms with E-state index in [0.29, 0.717) is 17.0 Å². The van der Waals surface area contributed by atoms with Crippen LogP contribution in [0.5, 0.6) is 0 Å². The van der Waals surface area contributed by atoms with Crippen LogP contribution >= 0.6 is 0 Å². The van der Waals surface area contributed by atoms with Gasteiger partial charge in [-0.1, -0.05) is 19.2 Å². The van der Waals surface area contributed by atoms with E-state index >= 15 is 0 Å². The number of esters is 1. The van der Waals surface area contributed by atoms with Gasteiger partial charge in [-0.2, -0.15) is 5.10 Å². The maximum absolute atomic E-state index is 11.5.